The van der Waals surface area contributed by atoms with Gasteiger partial charge in [-0.2, -0.15) is 9.90 Å². The first kappa shape index (κ1) is 30.8. The van der Waals surface area contributed by atoms with Gasteiger partial charge in [-0.3, -0.25) is 0 Å². The molecule has 0 saturated heterocycles. The largest absolute Gasteiger partial charge is 2.00 e. The SMILES string of the molecule is O[Si](O)(O)O.P.[AlH3].[B].[H-].[H-].[Mg+2]. The van der Waals surface area contributed by atoms with E-state index in [2.05, 4.69) is 0 Å². The molecule has 3 radical (unpaired) electrons. The molecule has 0 fully saturated rings. The summed E-state index contributed by atoms with van der Waals surface area (Å²) in [6.45, 7) is 0. The van der Waals surface area contributed by atoms with E-state index in [9.17, 15) is 0 Å². The summed E-state index contributed by atoms with van der Waals surface area (Å²) in [6, 6.07) is 0. The molecule has 0 amide bonds. The molecule has 9 heavy (non-hydrogen) atoms. The van der Waals surface area contributed by atoms with Crippen LogP contribution in [0.4, 0.5) is 0 Å². The summed E-state index contributed by atoms with van der Waals surface area (Å²) < 4.78 is 0. The van der Waals surface area contributed by atoms with Gasteiger partial charge < -0.3 is 22.0 Å². The van der Waals surface area contributed by atoms with E-state index < -0.39 is 9.05 Å². The molecule has 0 aliphatic heterocycles. The van der Waals surface area contributed by atoms with Gasteiger partial charge >= 0.3 is 32.1 Å². The summed E-state index contributed by atoms with van der Waals surface area (Å²) in [5.41, 5.74) is 0. The number of rotatable bonds is 0. The zero-order valence-corrected chi connectivity index (χ0v) is 8.11. The molecule has 0 rings (SSSR count). The van der Waals surface area contributed by atoms with E-state index in [1.807, 2.05) is 0 Å². The maximum atomic E-state index is 7.33. The number of hydrogen-bond donors (Lipinski definition) is 4. The molecule has 0 saturated carbocycles. The van der Waals surface area contributed by atoms with Crippen molar-refractivity contribution in [2.45, 2.75) is 0 Å². The van der Waals surface area contributed by atoms with E-state index in [4.69, 9.17) is 19.2 Å². The van der Waals surface area contributed by atoms with Crippen LogP contribution in [0.1, 0.15) is 2.85 Å². The molecular weight excluding hydrogens is 185 g/mol. The van der Waals surface area contributed by atoms with Crippen molar-refractivity contribution in [1.29, 1.82) is 0 Å². The van der Waals surface area contributed by atoms with Crippen LogP contribution in [0.25, 0.3) is 0 Å². The molecule has 53 valence electrons. The van der Waals surface area contributed by atoms with Crippen LogP contribution in [-0.2, 0) is 0 Å². The smallest absolute Gasteiger partial charge is 1.00 e. The van der Waals surface area contributed by atoms with Crippen molar-refractivity contribution in [3.63, 3.8) is 0 Å². The average molecular weight is 197 g/mol. The normalized spacial score (nSPS) is 6.67. The van der Waals surface area contributed by atoms with Crippen LogP contribution in [0, 0.1) is 0 Å². The molecule has 9 heteroatoms. The molecule has 1 unspecified atom stereocenters. The third kappa shape index (κ3) is 177. The minimum absolute atomic E-state index is 0. The van der Waals surface area contributed by atoms with Crippen molar-refractivity contribution < 1.29 is 22.0 Å². The standard InChI is InChI=1S/Al.B.Mg.H4O4Si.H3P.5H/c;;;1-5(2,3)4;;;;;;/h;;;1-4H;1H3;;;;;/q;;+2;;;;;;2*-1. The summed E-state index contributed by atoms with van der Waals surface area (Å²) >= 11 is 0. The first-order valence-electron chi connectivity index (χ1n) is 0.894. The van der Waals surface area contributed by atoms with Crippen LogP contribution < -0.4 is 0 Å². The maximum absolute atomic E-state index is 7.33. The maximum Gasteiger partial charge on any atom is 2.00 e. The predicted octanol–water partition coefficient (Wildman–Crippen LogP) is -4.27. The van der Waals surface area contributed by atoms with Gasteiger partial charge in [0, 0.05) is 8.41 Å². The fourth-order valence-electron chi connectivity index (χ4n) is 0. The van der Waals surface area contributed by atoms with E-state index in [-0.39, 0.29) is 61.6 Å². The second-order valence-corrected chi connectivity index (χ2v) is 1.80. The van der Waals surface area contributed by atoms with Gasteiger partial charge in [0.25, 0.3) is 0 Å². The Hall–Kier alpha value is 1.85. The first-order chi connectivity index (χ1) is 2.00. The van der Waals surface area contributed by atoms with Gasteiger partial charge in [-0.05, 0) is 0 Å². The Kier molecular flexibility index (Phi) is 42.8. The second-order valence-electron chi connectivity index (χ2n) is 0.600. The molecule has 4 nitrogen and oxygen atoms in total. The molecule has 0 bridgehead atoms. The van der Waals surface area contributed by atoms with Crippen LogP contribution in [0.2, 0.25) is 0 Å². The van der Waals surface area contributed by atoms with E-state index >= 15 is 0 Å². The van der Waals surface area contributed by atoms with Crippen LogP contribution in [0.5, 0.6) is 0 Å². The molecule has 4 N–H and O–H groups in total. The van der Waals surface area contributed by atoms with Gasteiger partial charge in [0.2, 0.25) is 0 Å². The van der Waals surface area contributed by atoms with Crippen molar-refractivity contribution in [3.05, 3.63) is 0 Å². The molecule has 0 aliphatic rings. The minimum Gasteiger partial charge on any atom is -1.00 e. The number of hydrogen-bond acceptors (Lipinski definition) is 4. The fraction of sp³-hybridized carbons (Fsp3) is 0. The van der Waals surface area contributed by atoms with Crippen LogP contribution >= 0.6 is 9.90 Å². The Labute approximate surface area is 89.6 Å². The monoisotopic (exact) mass is 197 g/mol. The summed E-state index contributed by atoms with van der Waals surface area (Å²) in [5, 5.41) is 0. The summed E-state index contributed by atoms with van der Waals surface area (Å²) in [5.74, 6) is 0. The Morgan fingerprint density at radius 1 is 1.00 bits per heavy atom. The van der Waals surface area contributed by atoms with Crippen LogP contribution in [0.15, 0.2) is 0 Å². The predicted molar refractivity (Wildman–Crippen MR) is 49.4 cm³/mol. The Balaban J connectivity index is -0.00000000533. The minimum atomic E-state index is -4.61. The molecule has 0 heterocycles. The van der Waals surface area contributed by atoms with Crippen molar-refractivity contribution in [3.8, 4) is 0 Å². The molecule has 0 aromatic rings. The topological polar surface area (TPSA) is 80.9 Å². The molecule has 0 spiro atoms. The van der Waals surface area contributed by atoms with Gasteiger partial charge in [-0.25, -0.2) is 0 Å². The van der Waals surface area contributed by atoms with Crippen molar-refractivity contribution in [2.75, 3.05) is 0 Å². The van der Waals surface area contributed by atoms with Crippen molar-refractivity contribution in [1.82, 2.24) is 0 Å². The van der Waals surface area contributed by atoms with Gasteiger partial charge in [0.1, 0.15) is 0 Å². The van der Waals surface area contributed by atoms with E-state index in [0.717, 1.165) is 0 Å². The zero-order chi connectivity index (χ0) is 4.50. The molecule has 0 aliphatic carbocycles. The summed E-state index contributed by atoms with van der Waals surface area (Å²) in [4.78, 5) is 29.3. The fourth-order valence-corrected chi connectivity index (χ4v) is 0. The Morgan fingerprint density at radius 3 is 1.00 bits per heavy atom. The third-order valence-corrected chi connectivity index (χ3v) is 0. The van der Waals surface area contributed by atoms with Crippen molar-refractivity contribution in [2.24, 2.45) is 0 Å². The molecular formula is H12AlBMgO4PSi. The van der Waals surface area contributed by atoms with Crippen molar-refractivity contribution >= 4 is 67.8 Å². The molecule has 0 aromatic carbocycles. The van der Waals surface area contributed by atoms with Gasteiger partial charge in [0.15, 0.2) is 17.4 Å². The second kappa shape index (κ2) is 12.5. The van der Waals surface area contributed by atoms with Crippen LogP contribution in [-0.4, -0.2) is 77.1 Å². The Morgan fingerprint density at radius 2 is 1.00 bits per heavy atom. The first-order valence-corrected chi connectivity index (χ1v) is 2.68. The van der Waals surface area contributed by atoms with E-state index in [1.54, 1.807) is 0 Å². The van der Waals surface area contributed by atoms with E-state index in [0.29, 0.717) is 0 Å². The quantitative estimate of drug-likeness (QED) is 0.234. The molecule has 0 aromatic heterocycles. The summed E-state index contributed by atoms with van der Waals surface area (Å²) in [7, 11) is -4.61. The zero-order valence-electron chi connectivity index (χ0n) is 6.28. The Bertz CT molecular complexity index is 43.6. The third-order valence-electron chi connectivity index (χ3n) is 0. The van der Waals surface area contributed by atoms with Gasteiger partial charge in [0.05, 0.1) is 0 Å². The summed E-state index contributed by atoms with van der Waals surface area (Å²) in [6.07, 6.45) is 0. The van der Waals surface area contributed by atoms with Crippen LogP contribution in [0.3, 0.4) is 0 Å². The molecule has 1 atom stereocenters. The van der Waals surface area contributed by atoms with Gasteiger partial charge in [-0.1, -0.05) is 0 Å². The average Bonchev–Trinajstić information content (AvgIpc) is 0.722. The van der Waals surface area contributed by atoms with E-state index in [1.165, 1.54) is 0 Å². The van der Waals surface area contributed by atoms with Gasteiger partial charge in [-0.15, -0.1) is 0 Å².